The first-order chi connectivity index (χ1) is 8.27. The third kappa shape index (κ3) is 2.56. The van der Waals surface area contributed by atoms with Crippen molar-refractivity contribution < 1.29 is 9.84 Å². The quantitative estimate of drug-likeness (QED) is 0.730. The number of aliphatic hydroxyl groups is 1. The van der Waals surface area contributed by atoms with E-state index in [2.05, 4.69) is 17.8 Å². The number of allylic oxidation sites excluding steroid dienone is 1. The summed E-state index contributed by atoms with van der Waals surface area (Å²) in [6.07, 6.45) is 8.80. The Bertz CT molecular complexity index is 302. The monoisotopic (exact) mass is 254 g/mol. The maximum atomic E-state index is 9.62. The van der Waals surface area contributed by atoms with Crippen LogP contribution < -0.4 is 0 Å². The summed E-state index contributed by atoms with van der Waals surface area (Å²) in [7, 11) is 0. The predicted molar refractivity (Wildman–Crippen MR) is 71.3 cm³/mol. The molecule has 96 valence electrons. The van der Waals surface area contributed by atoms with Crippen molar-refractivity contribution in [1.82, 2.24) is 0 Å². The molecule has 0 aromatic heterocycles. The third-order valence-electron chi connectivity index (χ3n) is 4.56. The van der Waals surface area contributed by atoms with Gasteiger partial charge in [-0.1, -0.05) is 11.6 Å². The maximum Gasteiger partial charge on any atom is 0.0726 e. The van der Waals surface area contributed by atoms with Crippen molar-refractivity contribution in [2.45, 2.75) is 50.2 Å². The summed E-state index contributed by atoms with van der Waals surface area (Å²) in [6, 6.07) is 0. The number of ether oxygens (including phenoxy) is 1. The van der Waals surface area contributed by atoms with Crippen molar-refractivity contribution in [2.24, 2.45) is 5.92 Å². The van der Waals surface area contributed by atoms with Crippen LogP contribution in [0.1, 0.15) is 38.5 Å². The Hall–Kier alpha value is 0.01000. The highest BCUT2D eigenvalue weighted by atomic mass is 32.2. The van der Waals surface area contributed by atoms with Gasteiger partial charge in [0.05, 0.1) is 11.7 Å². The molecule has 2 aliphatic heterocycles. The lowest BCUT2D eigenvalue weighted by molar-refractivity contribution is -0.0967. The molecule has 2 unspecified atom stereocenters. The fourth-order valence-electron chi connectivity index (χ4n) is 3.50. The molecule has 2 saturated heterocycles. The molecule has 17 heavy (non-hydrogen) atoms. The Morgan fingerprint density at radius 3 is 2.82 bits per heavy atom. The first-order valence-corrected chi connectivity index (χ1v) is 8.03. The minimum atomic E-state index is -0.175. The van der Waals surface area contributed by atoms with Crippen molar-refractivity contribution in [3.63, 3.8) is 0 Å². The molecular weight excluding hydrogens is 232 g/mol. The molecule has 2 heterocycles. The summed E-state index contributed by atoms with van der Waals surface area (Å²) < 4.78 is 6.12. The zero-order valence-electron chi connectivity index (χ0n) is 10.4. The fourth-order valence-corrected chi connectivity index (χ4v) is 4.74. The average Bonchev–Trinajstić information content (AvgIpc) is 2.77. The predicted octanol–water partition coefficient (Wildman–Crippen LogP) is 2.76. The van der Waals surface area contributed by atoms with Crippen LogP contribution in [0, 0.1) is 5.92 Å². The standard InChI is InChI=1S/C14H22O2S/c15-13-2-1-11(9-13)12-3-6-16-14(10-12)4-7-17-8-5-14/h9,12-13,15H,1-8,10H2. The van der Waals surface area contributed by atoms with Crippen LogP contribution in [-0.2, 0) is 4.74 Å². The fraction of sp³-hybridized carbons (Fsp3) is 0.857. The van der Waals surface area contributed by atoms with Gasteiger partial charge in [-0.3, -0.25) is 0 Å². The molecule has 3 rings (SSSR count). The second-order valence-electron chi connectivity index (χ2n) is 5.68. The SMILES string of the molecule is OC1C=C(C2CCOC3(CCSCC3)C2)CC1. The molecule has 0 saturated carbocycles. The molecule has 1 N–H and O–H groups in total. The topological polar surface area (TPSA) is 29.5 Å². The van der Waals surface area contributed by atoms with Gasteiger partial charge in [-0.05, 0) is 55.9 Å². The molecule has 3 heteroatoms. The van der Waals surface area contributed by atoms with E-state index in [4.69, 9.17) is 4.74 Å². The highest BCUT2D eigenvalue weighted by molar-refractivity contribution is 7.99. The lowest BCUT2D eigenvalue weighted by atomic mass is 9.78. The van der Waals surface area contributed by atoms with E-state index >= 15 is 0 Å². The van der Waals surface area contributed by atoms with E-state index in [1.165, 1.54) is 36.3 Å². The van der Waals surface area contributed by atoms with E-state index in [1.807, 2.05) is 0 Å². The second-order valence-corrected chi connectivity index (χ2v) is 6.91. The molecule has 2 atom stereocenters. The summed E-state index contributed by atoms with van der Waals surface area (Å²) in [5, 5.41) is 9.62. The normalized spacial score (nSPS) is 37.1. The van der Waals surface area contributed by atoms with Gasteiger partial charge in [-0.2, -0.15) is 11.8 Å². The van der Waals surface area contributed by atoms with E-state index < -0.39 is 0 Å². The van der Waals surface area contributed by atoms with E-state index in [0.29, 0.717) is 5.92 Å². The number of thioether (sulfide) groups is 1. The lowest BCUT2D eigenvalue weighted by Gasteiger charge is -2.43. The van der Waals surface area contributed by atoms with Gasteiger partial charge < -0.3 is 9.84 Å². The average molecular weight is 254 g/mol. The van der Waals surface area contributed by atoms with Gasteiger partial charge in [0.25, 0.3) is 0 Å². The zero-order valence-corrected chi connectivity index (χ0v) is 11.2. The molecule has 1 spiro atoms. The van der Waals surface area contributed by atoms with Gasteiger partial charge in [-0.15, -0.1) is 0 Å². The van der Waals surface area contributed by atoms with Crippen molar-refractivity contribution in [1.29, 1.82) is 0 Å². The number of hydrogen-bond acceptors (Lipinski definition) is 3. The van der Waals surface area contributed by atoms with Crippen LogP contribution in [0.4, 0.5) is 0 Å². The second kappa shape index (κ2) is 4.94. The summed E-state index contributed by atoms with van der Waals surface area (Å²) in [5.41, 5.74) is 1.70. The van der Waals surface area contributed by atoms with Crippen LogP contribution in [0.3, 0.4) is 0 Å². The Balaban J connectivity index is 1.69. The summed E-state index contributed by atoms with van der Waals surface area (Å²) in [6.45, 7) is 0.919. The first-order valence-electron chi connectivity index (χ1n) is 6.88. The smallest absolute Gasteiger partial charge is 0.0726 e. The highest BCUT2D eigenvalue weighted by Gasteiger charge is 2.40. The minimum Gasteiger partial charge on any atom is -0.389 e. The Kier molecular flexibility index (Phi) is 3.51. The first kappa shape index (κ1) is 12.1. The van der Waals surface area contributed by atoms with Crippen LogP contribution in [-0.4, -0.2) is 34.9 Å². The van der Waals surface area contributed by atoms with Crippen LogP contribution in [0.2, 0.25) is 0 Å². The minimum absolute atomic E-state index is 0.175. The van der Waals surface area contributed by atoms with Gasteiger partial charge in [0.2, 0.25) is 0 Å². The molecule has 2 nitrogen and oxygen atoms in total. The third-order valence-corrected chi connectivity index (χ3v) is 5.54. The van der Waals surface area contributed by atoms with Gasteiger partial charge in [0.15, 0.2) is 0 Å². The molecule has 0 aromatic carbocycles. The van der Waals surface area contributed by atoms with Crippen LogP contribution in [0.5, 0.6) is 0 Å². The van der Waals surface area contributed by atoms with Crippen LogP contribution in [0.15, 0.2) is 11.6 Å². The Labute approximate surface area is 108 Å². The maximum absolute atomic E-state index is 9.62. The summed E-state index contributed by atoms with van der Waals surface area (Å²) >= 11 is 2.06. The molecule has 0 amide bonds. The lowest BCUT2D eigenvalue weighted by Crippen LogP contribution is -2.43. The molecular formula is C14H22O2S. The van der Waals surface area contributed by atoms with E-state index in [-0.39, 0.29) is 11.7 Å². The van der Waals surface area contributed by atoms with Crippen LogP contribution in [0.25, 0.3) is 0 Å². The number of hydrogen-bond donors (Lipinski definition) is 1. The van der Waals surface area contributed by atoms with E-state index in [1.54, 1.807) is 0 Å². The van der Waals surface area contributed by atoms with Gasteiger partial charge in [0.1, 0.15) is 0 Å². The van der Waals surface area contributed by atoms with Gasteiger partial charge >= 0.3 is 0 Å². The van der Waals surface area contributed by atoms with Gasteiger partial charge in [-0.25, -0.2) is 0 Å². The van der Waals surface area contributed by atoms with Crippen molar-refractivity contribution in [3.8, 4) is 0 Å². The van der Waals surface area contributed by atoms with Crippen molar-refractivity contribution in [3.05, 3.63) is 11.6 Å². The van der Waals surface area contributed by atoms with E-state index in [0.717, 1.165) is 25.9 Å². The molecule has 0 radical (unpaired) electrons. The molecule has 3 aliphatic rings. The van der Waals surface area contributed by atoms with Crippen LogP contribution >= 0.6 is 11.8 Å². The largest absolute Gasteiger partial charge is 0.389 e. The van der Waals surface area contributed by atoms with Crippen molar-refractivity contribution >= 4 is 11.8 Å². The van der Waals surface area contributed by atoms with E-state index in [9.17, 15) is 5.11 Å². The molecule has 2 fully saturated rings. The highest BCUT2D eigenvalue weighted by Crippen LogP contribution is 2.43. The molecule has 0 aromatic rings. The summed E-state index contributed by atoms with van der Waals surface area (Å²) in [4.78, 5) is 0. The zero-order chi connectivity index (χ0) is 11.7. The molecule has 1 aliphatic carbocycles. The molecule has 0 bridgehead atoms. The van der Waals surface area contributed by atoms with Gasteiger partial charge in [0, 0.05) is 6.61 Å². The number of aliphatic hydroxyl groups excluding tert-OH is 1. The Morgan fingerprint density at radius 2 is 2.12 bits per heavy atom. The number of rotatable bonds is 1. The van der Waals surface area contributed by atoms with Crippen molar-refractivity contribution in [2.75, 3.05) is 18.1 Å². The summed E-state index contributed by atoms with van der Waals surface area (Å²) in [5.74, 6) is 3.20. The Morgan fingerprint density at radius 1 is 1.29 bits per heavy atom.